The number of rotatable bonds is 3. The molecule has 25 heavy (non-hydrogen) atoms. The van der Waals surface area contributed by atoms with Crippen molar-refractivity contribution in [2.75, 3.05) is 5.32 Å². The molecule has 0 aliphatic heterocycles. The second kappa shape index (κ2) is 7.02. The van der Waals surface area contributed by atoms with Crippen LogP contribution in [0.15, 0.2) is 27.7 Å². The number of hydrogen-bond acceptors (Lipinski definition) is 5. The molecular weight excluding hydrogens is 338 g/mol. The summed E-state index contributed by atoms with van der Waals surface area (Å²) in [5, 5.41) is 7.12. The van der Waals surface area contributed by atoms with E-state index >= 15 is 0 Å². The second-order valence-electron chi connectivity index (χ2n) is 5.86. The number of hydrazone groups is 1. The topological polar surface area (TPSA) is 106 Å². The summed E-state index contributed by atoms with van der Waals surface area (Å²) in [5.41, 5.74) is 11.3. The van der Waals surface area contributed by atoms with E-state index in [-0.39, 0.29) is 16.8 Å². The van der Waals surface area contributed by atoms with Gasteiger partial charge in [0.05, 0.1) is 5.71 Å². The maximum atomic E-state index is 12.6. The molecule has 1 amide bonds. The number of amides is 1. The lowest BCUT2D eigenvalue weighted by Crippen LogP contribution is -2.26. The van der Waals surface area contributed by atoms with E-state index in [9.17, 15) is 4.79 Å². The van der Waals surface area contributed by atoms with E-state index in [0.717, 1.165) is 47.6 Å². The first-order chi connectivity index (χ1) is 12.0. The van der Waals surface area contributed by atoms with Gasteiger partial charge in [0.2, 0.25) is 0 Å². The first-order valence-electron chi connectivity index (χ1n) is 7.95. The van der Waals surface area contributed by atoms with Crippen LogP contribution in [0.5, 0.6) is 0 Å². The van der Waals surface area contributed by atoms with Gasteiger partial charge < -0.3 is 15.5 Å². The quantitative estimate of drug-likeness (QED) is 0.575. The molecular formula is C17H19N5O2S. The van der Waals surface area contributed by atoms with Gasteiger partial charge in [-0.2, -0.15) is 5.10 Å². The van der Waals surface area contributed by atoms with Crippen LogP contribution in [0.2, 0.25) is 0 Å². The van der Waals surface area contributed by atoms with Gasteiger partial charge in [0.25, 0.3) is 5.91 Å². The number of hydrogen-bond donors (Lipinski definition) is 3. The van der Waals surface area contributed by atoms with Gasteiger partial charge in [-0.25, -0.2) is 4.98 Å². The Labute approximate surface area is 150 Å². The zero-order valence-electron chi connectivity index (χ0n) is 14.0. The molecule has 0 spiro atoms. The fraction of sp³-hybridized carbons (Fsp3) is 0.294. The van der Waals surface area contributed by atoms with Gasteiger partial charge in [0.1, 0.15) is 11.6 Å². The van der Waals surface area contributed by atoms with Gasteiger partial charge in [-0.3, -0.25) is 10.2 Å². The minimum absolute atomic E-state index is 0.101. The van der Waals surface area contributed by atoms with E-state index in [0.29, 0.717) is 5.82 Å². The average Bonchev–Trinajstić information content (AvgIpc) is 2.91. The zero-order valence-corrected chi connectivity index (χ0v) is 14.9. The second-order valence-corrected chi connectivity index (χ2v) is 6.30. The van der Waals surface area contributed by atoms with Gasteiger partial charge in [-0.05, 0) is 51.0 Å². The predicted octanol–water partition coefficient (Wildman–Crippen LogP) is 2.42. The molecule has 1 aliphatic carbocycles. The van der Waals surface area contributed by atoms with Gasteiger partial charge >= 0.3 is 0 Å². The Morgan fingerprint density at radius 1 is 1.36 bits per heavy atom. The number of aromatic nitrogens is 1. The Kier molecular flexibility index (Phi) is 4.80. The first-order valence-corrected chi connectivity index (χ1v) is 8.36. The maximum absolute atomic E-state index is 12.6. The lowest BCUT2D eigenvalue weighted by Gasteiger charge is -2.13. The molecule has 7 nitrogen and oxygen atoms in total. The molecule has 0 atom stereocenters. The van der Waals surface area contributed by atoms with Crippen molar-refractivity contribution >= 4 is 34.8 Å². The van der Waals surface area contributed by atoms with Gasteiger partial charge in [0, 0.05) is 23.2 Å². The van der Waals surface area contributed by atoms with Gasteiger partial charge in [0.15, 0.2) is 10.9 Å². The largest absolute Gasteiger partial charge is 0.455 e. The number of pyridine rings is 1. The summed E-state index contributed by atoms with van der Waals surface area (Å²) in [4.78, 5) is 16.9. The van der Waals surface area contributed by atoms with Crippen LogP contribution in [0.4, 0.5) is 5.82 Å². The Hall–Kier alpha value is -2.74. The Balaban J connectivity index is 1.90. The highest BCUT2D eigenvalue weighted by Gasteiger charge is 2.28. The average molecular weight is 357 g/mol. The third-order valence-corrected chi connectivity index (χ3v) is 4.05. The van der Waals surface area contributed by atoms with Crippen LogP contribution in [-0.2, 0) is 6.42 Å². The predicted molar refractivity (Wildman–Crippen MR) is 99.8 cm³/mol. The smallest absolute Gasteiger partial charge is 0.292 e. The van der Waals surface area contributed by atoms with E-state index in [2.05, 4.69) is 20.8 Å². The number of nitrogens with one attached hydrogen (secondary N) is 2. The molecule has 0 radical (unpaired) electrons. The number of carbonyl (C=O) groups is 1. The molecule has 2 aromatic rings. The van der Waals surface area contributed by atoms with Crippen molar-refractivity contribution in [1.29, 1.82) is 0 Å². The lowest BCUT2D eigenvalue weighted by molar-refractivity contribution is 0.0993. The van der Waals surface area contributed by atoms with Crippen molar-refractivity contribution in [2.45, 2.75) is 33.1 Å². The highest BCUT2D eigenvalue weighted by Crippen LogP contribution is 2.30. The van der Waals surface area contributed by atoms with Crippen LogP contribution in [0, 0.1) is 13.8 Å². The van der Waals surface area contributed by atoms with Crippen molar-refractivity contribution in [3.8, 4) is 0 Å². The van der Waals surface area contributed by atoms with Crippen LogP contribution in [0.3, 0.4) is 0 Å². The van der Waals surface area contributed by atoms with Crippen molar-refractivity contribution < 1.29 is 9.21 Å². The van der Waals surface area contributed by atoms with Crippen LogP contribution >= 0.6 is 12.2 Å². The molecule has 0 fully saturated rings. The highest BCUT2D eigenvalue weighted by molar-refractivity contribution is 7.80. The number of nitrogens with two attached hydrogens (primary N) is 1. The Morgan fingerprint density at radius 2 is 2.16 bits per heavy atom. The van der Waals surface area contributed by atoms with Crippen LogP contribution in [0.1, 0.15) is 46.0 Å². The number of carbonyl (C=O) groups excluding carboxylic acids is 1. The fourth-order valence-electron chi connectivity index (χ4n) is 2.91. The molecule has 1 aliphatic rings. The van der Waals surface area contributed by atoms with Crippen molar-refractivity contribution in [2.24, 2.45) is 10.8 Å². The number of thiocarbonyl (C=S) groups is 1. The monoisotopic (exact) mass is 357 g/mol. The maximum Gasteiger partial charge on any atom is 0.292 e. The summed E-state index contributed by atoms with van der Waals surface area (Å²) in [6, 6.07) is 5.44. The van der Waals surface area contributed by atoms with Crippen molar-refractivity contribution in [3.05, 3.63) is 46.5 Å². The molecule has 4 N–H and O–H groups in total. The number of furan rings is 1. The van der Waals surface area contributed by atoms with Crippen LogP contribution in [0.25, 0.3) is 0 Å². The molecule has 0 aromatic carbocycles. The van der Waals surface area contributed by atoms with E-state index in [1.807, 2.05) is 26.0 Å². The third kappa shape index (κ3) is 3.69. The Morgan fingerprint density at radius 3 is 2.88 bits per heavy atom. The first kappa shape index (κ1) is 17.1. The number of anilines is 1. The summed E-state index contributed by atoms with van der Waals surface area (Å²) in [5.74, 6) is 1.20. The van der Waals surface area contributed by atoms with Crippen molar-refractivity contribution in [3.63, 3.8) is 0 Å². The molecule has 0 saturated carbocycles. The summed E-state index contributed by atoms with van der Waals surface area (Å²) in [6.07, 6.45) is 2.42. The number of aryl methyl sites for hydroxylation is 2. The summed E-state index contributed by atoms with van der Waals surface area (Å²) >= 11 is 4.79. The van der Waals surface area contributed by atoms with E-state index in [1.54, 1.807) is 6.07 Å². The minimum Gasteiger partial charge on any atom is -0.455 e. The molecule has 0 unspecified atom stereocenters. The lowest BCUT2D eigenvalue weighted by atomic mass is 9.93. The summed E-state index contributed by atoms with van der Waals surface area (Å²) in [7, 11) is 0. The SMILES string of the molecule is Cc1cccc(NC(=O)c2oc3c(c2C)/C(=N/NC(N)=S)CCC3)n1. The number of fused-ring (bicyclic) bond motifs is 1. The van der Waals surface area contributed by atoms with Gasteiger partial charge in [-0.1, -0.05) is 6.07 Å². The van der Waals surface area contributed by atoms with Crippen LogP contribution < -0.4 is 16.5 Å². The molecule has 2 aromatic heterocycles. The summed E-state index contributed by atoms with van der Waals surface area (Å²) in [6.45, 7) is 3.71. The highest BCUT2D eigenvalue weighted by atomic mass is 32.1. The Bertz CT molecular complexity index is 872. The van der Waals surface area contributed by atoms with E-state index in [4.69, 9.17) is 22.4 Å². The molecule has 3 rings (SSSR count). The molecule has 0 bridgehead atoms. The molecule has 0 saturated heterocycles. The standard InChI is InChI=1S/C17H19N5O2S/c1-9-5-3-8-13(19-9)20-16(23)15-10(2)14-11(21-22-17(18)25)6-4-7-12(14)24-15/h3,5,8H,4,6-7H2,1-2H3,(H3,18,22,25)(H,19,20,23)/b21-11+. The van der Waals surface area contributed by atoms with Gasteiger partial charge in [-0.15, -0.1) is 0 Å². The van der Waals surface area contributed by atoms with E-state index in [1.165, 1.54) is 0 Å². The van der Waals surface area contributed by atoms with Crippen LogP contribution in [-0.4, -0.2) is 21.7 Å². The minimum atomic E-state index is -0.327. The summed E-state index contributed by atoms with van der Waals surface area (Å²) < 4.78 is 5.83. The van der Waals surface area contributed by atoms with Crippen molar-refractivity contribution in [1.82, 2.24) is 10.4 Å². The number of nitrogens with zero attached hydrogens (tertiary/aromatic N) is 2. The molecule has 2 heterocycles. The molecule has 130 valence electrons. The van der Waals surface area contributed by atoms with E-state index < -0.39 is 0 Å². The fourth-order valence-corrected chi connectivity index (χ4v) is 2.95. The normalized spacial score (nSPS) is 14.9. The third-order valence-electron chi connectivity index (χ3n) is 3.96. The zero-order chi connectivity index (χ0) is 18.0. The molecule has 8 heteroatoms.